The Morgan fingerprint density at radius 2 is 2.05 bits per heavy atom. The summed E-state index contributed by atoms with van der Waals surface area (Å²) in [5.74, 6) is 0.279. The predicted molar refractivity (Wildman–Crippen MR) is 78.8 cm³/mol. The van der Waals surface area contributed by atoms with Gasteiger partial charge in [-0.2, -0.15) is 5.26 Å². The summed E-state index contributed by atoms with van der Waals surface area (Å²) in [6.07, 6.45) is 0. The van der Waals surface area contributed by atoms with Crippen LogP contribution in [-0.4, -0.2) is 16.3 Å². The fourth-order valence-electron chi connectivity index (χ4n) is 1.89. The summed E-state index contributed by atoms with van der Waals surface area (Å²) < 4.78 is 6.58. The van der Waals surface area contributed by atoms with E-state index in [0.717, 1.165) is 4.57 Å². The van der Waals surface area contributed by atoms with E-state index in [2.05, 4.69) is 0 Å². The molecule has 2 aromatic rings. The minimum Gasteiger partial charge on any atom is -0.493 e. The van der Waals surface area contributed by atoms with Gasteiger partial charge in [0, 0.05) is 11.1 Å². The second-order valence-corrected chi connectivity index (χ2v) is 4.87. The second kappa shape index (κ2) is 6.33. The van der Waals surface area contributed by atoms with Gasteiger partial charge in [0.1, 0.15) is 24.0 Å². The van der Waals surface area contributed by atoms with Crippen LogP contribution in [0.25, 0.3) is 0 Å². The number of aromatic nitrogens is 1. The molecular weight excluding hydrogens is 292 g/mol. The highest BCUT2D eigenvalue weighted by molar-refractivity contribution is 6.30. The smallest absolute Gasteiger partial charge is 0.253 e. The molecule has 1 aromatic carbocycles. The van der Waals surface area contributed by atoms with Gasteiger partial charge in [-0.25, -0.2) is 0 Å². The van der Waals surface area contributed by atoms with Gasteiger partial charge in [0.15, 0.2) is 0 Å². The van der Waals surface area contributed by atoms with Crippen molar-refractivity contribution in [1.82, 2.24) is 4.57 Å². The van der Waals surface area contributed by atoms with Crippen molar-refractivity contribution in [3.63, 3.8) is 0 Å². The fraction of sp³-hybridized carbons (Fsp3) is 0.200. The Kier molecular flexibility index (Phi) is 4.51. The summed E-state index contributed by atoms with van der Waals surface area (Å²) in [6, 6.07) is 10.0. The maximum absolute atomic E-state index is 11.8. The van der Waals surface area contributed by atoms with Crippen molar-refractivity contribution < 1.29 is 9.84 Å². The molecule has 0 radical (unpaired) electrons. The monoisotopic (exact) mass is 304 g/mol. The molecule has 5 nitrogen and oxygen atoms in total. The Bertz CT molecular complexity index is 745. The quantitative estimate of drug-likeness (QED) is 0.941. The SMILES string of the molecule is Cc1cc(=O)n(CCOc2ccc(Cl)cc2)c(O)c1C#N. The first-order chi connectivity index (χ1) is 10.0. The first-order valence-corrected chi connectivity index (χ1v) is 6.62. The van der Waals surface area contributed by atoms with Gasteiger partial charge in [0.05, 0.1) is 6.54 Å². The molecule has 0 unspecified atom stereocenters. The predicted octanol–water partition coefficient (Wildman–Crippen LogP) is 2.47. The molecule has 0 aliphatic rings. The Morgan fingerprint density at radius 3 is 2.67 bits per heavy atom. The van der Waals surface area contributed by atoms with Crippen molar-refractivity contribution in [1.29, 1.82) is 5.26 Å². The normalized spacial score (nSPS) is 10.1. The summed E-state index contributed by atoms with van der Waals surface area (Å²) in [4.78, 5) is 11.8. The van der Waals surface area contributed by atoms with E-state index in [1.807, 2.05) is 6.07 Å². The molecule has 0 aliphatic heterocycles. The van der Waals surface area contributed by atoms with Gasteiger partial charge in [0.2, 0.25) is 5.88 Å². The van der Waals surface area contributed by atoms with Gasteiger partial charge in [-0.3, -0.25) is 9.36 Å². The third-order valence-corrected chi connectivity index (χ3v) is 3.24. The maximum Gasteiger partial charge on any atom is 0.253 e. The third-order valence-electron chi connectivity index (χ3n) is 2.99. The zero-order chi connectivity index (χ0) is 15.4. The molecule has 1 heterocycles. The molecule has 6 heteroatoms. The van der Waals surface area contributed by atoms with Gasteiger partial charge in [-0.05, 0) is 36.8 Å². The standard InChI is InChI=1S/C15H13ClN2O3/c1-10-8-14(19)18(15(20)13(10)9-17)6-7-21-12-4-2-11(16)3-5-12/h2-5,8,20H,6-7H2,1H3. The molecule has 0 bridgehead atoms. The number of halogens is 1. The number of pyridine rings is 1. The highest BCUT2D eigenvalue weighted by Crippen LogP contribution is 2.18. The first-order valence-electron chi connectivity index (χ1n) is 6.25. The summed E-state index contributed by atoms with van der Waals surface area (Å²) in [5.41, 5.74) is 0.180. The van der Waals surface area contributed by atoms with Crippen LogP contribution in [0.4, 0.5) is 0 Å². The minimum absolute atomic E-state index is 0.0982. The van der Waals surface area contributed by atoms with Gasteiger partial charge in [-0.15, -0.1) is 0 Å². The van der Waals surface area contributed by atoms with E-state index in [4.69, 9.17) is 21.6 Å². The van der Waals surface area contributed by atoms with Gasteiger partial charge < -0.3 is 9.84 Å². The van der Waals surface area contributed by atoms with E-state index in [0.29, 0.717) is 16.3 Å². The molecule has 0 spiro atoms. The van der Waals surface area contributed by atoms with E-state index >= 15 is 0 Å². The van der Waals surface area contributed by atoms with E-state index < -0.39 is 0 Å². The lowest BCUT2D eigenvalue weighted by molar-refractivity contribution is 0.283. The van der Waals surface area contributed by atoms with E-state index in [1.54, 1.807) is 31.2 Å². The Labute approximate surface area is 126 Å². The van der Waals surface area contributed by atoms with Crippen LogP contribution in [0.2, 0.25) is 5.02 Å². The zero-order valence-electron chi connectivity index (χ0n) is 11.3. The summed E-state index contributed by atoms with van der Waals surface area (Å²) in [5, 5.41) is 19.5. The Morgan fingerprint density at radius 1 is 1.38 bits per heavy atom. The lowest BCUT2D eigenvalue weighted by atomic mass is 10.1. The number of hydrogen-bond acceptors (Lipinski definition) is 4. The number of nitriles is 1. The molecule has 108 valence electrons. The molecule has 0 atom stereocenters. The van der Waals surface area contributed by atoms with Crippen molar-refractivity contribution in [2.45, 2.75) is 13.5 Å². The van der Waals surface area contributed by atoms with Gasteiger partial charge >= 0.3 is 0 Å². The average molecular weight is 305 g/mol. The van der Waals surface area contributed by atoms with Gasteiger partial charge in [-0.1, -0.05) is 11.6 Å². The van der Waals surface area contributed by atoms with Crippen LogP contribution in [-0.2, 0) is 6.54 Å². The second-order valence-electron chi connectivity index (χ2n) is 4.43. The molecule has 1 N–H and O–H groups in total. The van der Waals surface area contributed by atoms with Crippen molar-refractivity contribution in [3.05, 3.63) is 56.8 Å². The maximum atomic E-state index is 11.8. The molecule has 0 fully saturated rings. The molecular formula is C15H13ClN2O3. The highest BCUT2D eigenvalue weighted by Gasteiger charge is 2.12. The van der Waals surface area contributed by atoms with Crippen molar-refractivity contribution in [2.75, 3.05) is 6.61 Å². The molecule has 0 aliphatic carbocycles. The zero-order valence-corrected chi connectivity index (χ0v) is 12.1. The summed E-state index contributed by atoms with van der Waals surface area (Å²) in [6.45, 7) is 1.93. The Hall–Kier alpha value is -2.45. The number of nitrogens with zero attached hydrogens (tertiary/aromatic N) is 2. The van der Waals surface area contributed by atoms with E-state index in [9.17, 15) is 9.90 Å². The van der Waals surface area contributed by atoms with Crippen LogP contribution < -0.4 is 10.3 Å². The van der Waals surface area contributed by atoms with Gasteiger partial charge in [0.25, 0.3) is 5.56 Å². The molecule has 2 rings (SSSR count). The molecule has 1 aromatic heterocycles. The van der Waals surface area contributed by atoms with Crippen LogP contribution in [0, 0.1) is 18.3 Å². The molecule has 0 amide bonds. The average Bonchev–Trinajstić information content (AvgIpc) is 2.44. The minimum atomic E-state index is -0.372. The fourth-order valence-corrected chi connectivity index (χ4v) is 2.02. The number of aryl methyl sites for hydroxylation is 1. The lowest BCUT2D eigenvalue weighted by Gasteiger charge is -2.12. The van der Waals surface area contributed by atoms with Crippen LogP contribution in [0.1, 0.15) is 11.1 Å². The number of hydrogen-bond donors (Lipinski definition) is 1. The Balaban J connectivity index is 2.12. The summed E-state index contributed by atoms with van der Waals surface area (Å²) >= 11 is 5.77. The largest absolute Gasteiger partial charge is 0.493 e. The lowest BCUT2D eigenvalue weighted by Crippen LogP contribution is -2.23. The summed E-state index contributed by atoms with van der Waals surface area (Å²) in [7, 11) is 0. The van der Waals surface area contributed by atoms with Crippen LogP contribution in [0.5, 0.6) is 11.6 Å². The van der Waals surface area contributed by atoms with Crippen LogP contribution in [0.15, 0.2) is 35.1 Å². The number of benzene rings is 1. The number of aromatic hydroxyl groups is 1. The van der Waals surface area contributed by atoms with Crippen LogP contribution in [0.3, 0.4) is 0 Å². The van der Waals surface area contributed by atoms with E-state index in [-0.39, 0.29) is 30.2 Å². The molecule has 0 saturated carbocycles. The topological polar surface area (TPSA) is 75.2 Å². The first kappa shape index (κ1) is 14.9. The third kappa shape index (κ3) is 3.36. The van der Waals surface area contributed by atoms with Crippen molar-refractivity contribution >= 4 is 11.6 Å². The highest BCUT2D eigenvalue weighted by atomic mass is 35.5. The van der Waals surface area contributed by atoms with Crippen molar-refractivity contribution in [3.8, 4) is 17.7 Å². The molecule has 21 heavy (non-hydrogen) atoms. The van der Waals surface area contributed by atoms with Crippen molar-refractivity contribution in [2.24, 2.45) is 0 Å². The number of ether oxygens (including phenoxy) is 1. The molecule has 0 saturated heterocycles. The van der Waals surface area contributed by atoms with E-state index in [1.165, 1.54) is 6.07 Å². The van der Waals surface area contributed by atoms with Crippen LogP contribution >= 0.6 is 11.6 Å². The number of rotatable bonds is 4.